The number of rotatable bonds is 6. The first-order valence-electron chi connectivity index (χ1n) is 7.73. The molecule has 0 atom stereocenters. The summed E-state index contributed by atoms with van der Waals surface area (Å²) in [5.74, 6) is -0.384. The van der Waals surface area contributed by atoms with Gasteiger partial charge in [-0.3, -0.25) is 9.59 Å². The molecule has 3 rings (SSSR count). The number of hydrogen-bond acceptors (Lipinski definition) is 6. The summed E-state index contributed by atoms with van der Waals surface area (Å²) in [6.45, 7) is 3.49. The standard InChI is InChI=1S/C16H20N4O3S/c1-10-3-4-12-13(5-10)24-16(18-12)19-14(21)7-20(2)15(22)6-17-11-8-23-9-11/h3-5,11,17H,6-9H2,1-2H3,(H,18,19,21). The molecule has 0 bridgehead atoms. The molecule has 2 heterocycles. The third-order valence-electron chi connectivity index (χ3n) is 3.78. The molecule has 128 valence electrons. The van der Waals surface area contributed by atoms with Crippen molar-refractivity contribution in [1.82, 2.24) is 15.2 Å². The van der Waals surface area contributed by atoms with Crippen molar-refractivity contribution >= 4 is 38.5 Å². The van der Waals surface area contributed by atoms with Crippen LogP contribution in [-0.2, 0) is 14.3 Å². The van der Waals surface area contributed by atoms with Gasteiger partial charge in [0, 0.05) is 7.05 Å². The number of anilines is 1. The summed E-state index contributed by atoms with van der Waals surface area (Å²) < 4.78 is 6.06. The van der Waals surface area contributed by atoms with Crippen molar-refractivity contribution < 1.29 is 14.3 Å². The van der Waals surface area contributed by atoms with Crippen molar-refractivity contribution in [2.45, 2.75) is 13.0 Å². The molecule has 0 radical (unpaired) electrons. The molecule has 0 saturated carbocycles. The zero-order valence-electron chi connectivity index (χ0n) is 13.7. The molecule has 2 aromatic rings. The number of nitrogens with zero attached hydrogens (tertiary/aromatic N) is 2. The third kappa shape index (κ3) is 4.08. The number of likely N-dealkylation sites (N-methyl/N-ethyl adjacent to an activating group) is 1. The van der Waals surface area contributed by atoms with Crippen LogP contribution in [0.4, 0.5) is 5.13 Å². The summed E-state index contributed by atoms with van der Waals surface area (Å²) in [5, 5.41) is 6.39. The van der Waals surface area contributed by atoms with Gasteiger partial charge >= 0.3 is 0 Å². The van der Waals surface area contributed by atoms with Crippen LogP contribution >= 0.6 is 11.3 Å². The fraction of sp³-hybridized carbons (Fsp3) is 0.438. The van der Waals surface area contributed by atoms with Crippen molar-refractivity contribution in [3.8, 4) is 0 Å². The lowest BCUT2D eigenvalue weighted by Crippen LogP contribution is -2.50. The average Bonchev–Trinajstić information content (AvgIpc) is 2.86. The number of aryl methyl sites for hydroxylation is 1. The first-order valence-corrected chi connectivity index (χ1v) is 8.55. The van der Waals surface area contributed by atoms with Gasteiger partial charge in [0.2, 0.25) is 11.8 Å². The van der Waals surface area contributed by atoms with Crippen LogP contribution < -0.4 is 10.6 Å². The van der Waals surface area contributed by atoms with Gasteiger partial charge in [0.1, 0.15) is 0 Å². The van der Waals surface area contributed by atoms with E-state index in [9.17, 15) is 9.59 Å². The Hall–Kier alpha value is -2.03. The topological polar surface area (TPSA) is 83.6 Å². The molecule has 1 saturated heterocycles. The van der Waals surface area contributed by atoms with Gasteiger partial charge in [0.15, 0.2) is 5.13 Å². The fourth-order valence-electron chi connectivity index (χ4n) is 2.27. The van der Waals surface area contributed by atoms with E-state index >= 15 is 0 Å². The van der Waals surface area contributed by atoms with Crippen molar-refractivity contribution in [1.29, 1.82) is 0 Å². The highest BCUT2D eigenvalue weighted by Crippen LogP contribution is 2.26. The number of fused-ring (bicyclic) bond motifs is 1. The van der Waals surface area contributed by atoms with Crippen molar-refractivity contribution in [3.63, 3.8) is 0 Å². The van der Waals surface area contributed by atoms with Gasteiger partial charge in [-0.05, 0) is 24.6 Å². The molecule has 0 spiro atoms. The summed E-state index contributed by atoms with van der Waals surface area (Å²) in [5.41, 5.74) is 2.01. The Balaban J connectivity index is 1.50. The molecule has 1 fully saturated rings. The molecule has 7 nitrogen and oxygen atoms in total. The lowest BCUT2D eigenvalue weighted by Gasteiger charge is -2.27. The lowest BCUT2D eigenvalue weighted by molar-refractivity contribution is -0.133. The Morgan fingerprint density at radius 3 is 2.92 bits per heavy atom. The Morgan fingerprint density at radius 1 is 1.42 bits per heavy atom. The molecule has 1 aromatic heterocycles. The van der Waals surface area contributed by atoms with E-state index in [2.05, 4.69) is 15.6 Å². The van der Waals surface area contributed by atoms with Crippen LogP contribution in [0.2, 0.25) is 0 Å². The summed E-state index contributed by atoms with van der Waals surface area (Å²) in [6, 6.07) is 6.19. The molecule has 1 aromatic carbocycles. The number of carbonyl (C=O) groups is 2. The van der Waals surface area contributed by atoms with Crippen LogP contribution in [0.15, 0.2) is 18.2 Å². The number of benzene rings is 1. The first-order chi connectivity index (χ1) is 11.5. The van der Waals surface area contributed by atoms with Gasteiger partial charge < -0.3 is 20.3 Å². The Kier molecular flexibility index (Phi) is 5.08. The van der Waals surface area contributed by atoms with E-state index in [-0.39, 0.29) is 30.9 Å². The van der Waals surface area contributed by atoms with E-state index in [0.29, 0.717) is 18.3 Å². The maximum atomic E-state index is 12.1. The fourth-order valence-corrected chi connectivity index (χ4v) is 3.25. The predicted molar refractivity (Wildman–Crippen MR) is 93.2 cm³/mol. The predicted octanol–water partition coefficient (Wildman–Crippen LogP) is 0.990. The second-order valence-corrected chi connectivity index (χ2v) is 6.93. The molecular weight excluding hydrogens is 328 g/mol. The zero-order chi connectivity index (χ0) is 17.1. The zero-order valence-corrected chi connectivity index (χ0v) is 14.5. The highest BCUT2D eigenvalue weighted by atomic mass is 32.1. The number of thiazole rings is 1. The molecule has 24 heavy (non-hydrogen) atoms. The second-order valence-electron chi connectivity index (χ2n) is 5.90. The summed E-state index contributed by atoms with van der Waals surface area (Å²) in [6.07, 6.45) is 0. The molecule has 8 heteroatoms. The molecule has 1 aliphatic rings. The maximum absolute atomic E-state index is 12.1. The van der Waals surface area contributed by atoms with Crippen LogP contribution in [-0.4, -0.2) is 61.1 Å². The van der Waals surface area contributed by atoms with E-state index < -0.39 is 0 Å². The van der Waals surface area contributed by atoms with Gasteiger partial charge in [0.05, 0.1) is 42.6 Å². The molecule has 2 N–H and O–H groups in total. The molecular formula is C16H20N4O3S. The Morgan fingerprint density at radius 2 is 2.21 bits per heavy atom. The first kappa shape index (κ1) is 16.8. The number of amides is 2. The Bertz CT molecular complexity index is 757. The second kappa shape index (κ2) is 7.25. The Labute approximate surface area is 144 Å². The van der Waals surface area contributed by atoms with E-state index in [0.717, 1.165) is 15.8 Å². The minimum Gasteiger partial charge on any atom is -0.378 e. The highest BCUT2D eigenvalue weighted by Gasteiger charge is 2.20. The normalized spacial score (nSPS) is 14.4. The lowest BCUT2D eigenvalue weighted by atomic mass is 10.2. The van der Waals surface area contributed by atoms with E-state index in [4.69, 9.17) is 4.74 Å². The van der Waals surface area contributed by atoms with Crippen LogP contribution in [0.5, 0.6) is 0 Å². The van der Waals surface area contributed by atoms with Crippen molar-refractivity contribution in [2.75, 3.05) is 38.7 Å². The number of aromatic nitrogens is 1. The van der Waals surface area contributed by atoms with E-state index in [1.807, 2.05) is 25.1 Å². The number of hydrogen-bond donors (Lipinski definition) is 2. The molecule has 2 amide bonds. The minimum atomic E-state index is -0.256. The minimum absolute atomic E-state index is 0.00334. The van der Waals surface area contributed by atoms with Crippen LogP contribution in [0.25, 0.3) is 10.2 Å². The summed E-state index contributed by atoms with van der Waals surface area (Å²) in [7, 11) is 1.61. The van der Waals surface area contributed by atoms with Gasteiger partial charge in [-0.25, -0.2) is 4.98 Å². The highest BCUT2D eigenvalue weighted by molar-refractivity contribution is 7.22. The molecule has 1 aliphatic heterocycles. The largest absolute Gasteiger partial charge is 0.378 e. The van der Waals surface area contributed by atoms with Gasteiger partial charge in [-0.15, -0.1) is 0 Å². The van der Waals surface area contributed by atoms with E-state index in [1.165, 1.54) is 16.2 Å². The third-order valence-corrected chi connectivity index (χ3v) is 4.71. The summed E-state index contributed by atoms with van der Waals surface area (Å²) in [4.78, 5) is 29.9. The van der Waals surface area contributed by atoms with Crippen LogP contribution in [0.3, 0.4) is 0 Å². The van der Waals surface area contributed by atoms with Gasteiger partial charge in [-0.1, -0.05) is 17.4 Å². The number of nitrogens with one attached hydrogen (secondary N) is 2. The van der Waals surface area contributed by atoms with Crippen LogP contribution in [0, 0.1) is 6.92 Å². The smallest absolute Gasteiger partial charge is 0.245 e. The van der Waals surface area contributed by atoms with Crippen LogP contribution in [0.1, 0.15) is 5.56 Å². The SMILES string of the molecule is Cc1ccc2nc(NC(=O)CN(C)C(=O)CNC3COC3)sc2c1. The summed E-state index contributed by atoms with van der Waals surface area (Å²) >= 11 is 1.43. The quantitative estimate of drug-likeness (QED) is 0.813. The maximum Gasteiger partial charge on any atom is 0.245 e. The van der Waals surface area contributed by atoms with Gasteiger partial charge in [-0.2, -0.15) is 0 Å². The van der Waals surface area contributed by atoms with Crippen molar-refractivity contribution in [2.24, 2.45) is 0 Å². The molecule has 0 aliphatic carbocycles. The van der Waals surface area contributed by atoms with Gasteiger partial charge in [0.25, 0.3) is 0 Å². The van der Waals surface area contributed by atoms with E-state index in [1.54, 1.807) is 7.05 Å². The number of carbonyl (C=O) groups excluding carboxylic acids is 2. The average molecular weight is 348 g/mol. The molecule has 0 unspecified atom stereocenters. The number of ether oxygens (including phenoxy) is 1. The van der Waals surface area contributed by atoms with Crippen molar-refractivity contribution in [3.05, 3.63) is 23.8 Å². The monoisotopic (exact) mass is 348 g/mol.